The first-order valence-corrected chi connectivity index (χ1v) is 8.52. The average molecular weight is 367 g/mol. The Morgan fingerprint density at radius 2 is 1.58 bits per heavy atom. The van der Waals surface area contributed by atoms with Gasteiger partial charge in [0.1, 0.15) is 5.82 Å². The van der Waals surface area contributed by atoms with Crippen molar-refractivity contribution in [2.24, 2.45) is 0 Å². The molecule has 0 spiro atoms. The van der Waals surface area contributed by atoms with Gasteiger partial charge in [-0.1, -0.05) is 47.5 Å². The Balaban J connectivity index is 1.63. The molecule has 1 amide bonds. The van der Waals surface area contributed by atoms with E-state index in [1.165, 1.54) is 6.07 Å². The van der Waals surface area contributed by atoms with Crippen LogP contribution < -0.4 is 4.90 Å². The number of para-hydroxylation sites is 1. The van der Waals surface area contributed by atoms with Crippen molar-refractivity contribution < 1.29 is 9.18 Å². The van der Waals surface area contributed by atoms with Gasteiger partial charge in [-0.05, 0) is 23.8 Å². The van der Waals surface area contributed by atoms with E-state index in [4.69, 9.17) is 23.2 Å². The first-order valence-electron chi connectivity index (χ1n) is 7.76. The van der Waals surface area contributed by atoms with Crippen LogP contribution in [-0.2, 0) is 11.2 Å². The molecular formula is C18H17Cl2FN2O. The number of hydrogen-bond acceptors (Lipinski definition) is 2. The van der Waals surface area contributed by atoms with Gasteiger partial charge in [0.15, 0.2) is 0 Å². The number of carbonyl (C=O) groups is 1. The minimum Gasteiger partial charge on any atom is -0.366 e. The SMILES string of the molecule is O=C(Cc1ccccc1F)N1CCN(c2c(Cl)cccc2Cl)CC1. The van der Waals surface area contributed by atoms with Crippen LogP contribution in [0.25, 0.3) is 0 Å². The zero-order chi connectivity index (χ0) is 17.1. The lowest BCUT2D eigenvalue weighted by Gasteiger charge is -2.37. The maximum Gasteiger partial charge on any atom is 0.227 e. The van der Waals surface area contributed by atoms with Crippen molar-refractivity contribution in [2.75, 3.05) is 31.1 Å². The second-order valence-electron chi connectivity index (χ2n) is 5.71. The number of anilines is 1. The largest absolute Gasteiger partial charge is 0.366 e. The number of carbonyl (C=O) groups excluding carboxylic acids is 1. The molecule has 0 atom stereocenters. The highest BCUT2D eigenvalue weighted by Crippen LogP contribution is 2.34. The summed E-state index contributed by atoms with van der Waals surface area (Å²) in [6.07, 6.45) is 0.0829. The van der Waals surface area contributed by atoms with E-state index in [0.29, 0.717) is 41.8 Å². The number of rotatable bonds is 3. The van der Waals surface area contributed by atoms with Gasteiger partial charge in [-0.3, -0.25) is 4.79 Å². The molecule has 1 aliphatic rings. The summed E-state index contributed by atoms with van der Waals surface area (Å²) in [5, 5.41) is 1.21. The highest BCUT2D eigenvalue weighted by Gasteiger charge is 2.24. The summed E-state index contributed by atoms with van der Waals surface area (Å²) < 4.78 is 13.7. The van der Waals surface area contributed by atoms with Crippen molar-refractivity contribution in [1.29, 1.82) is 0 Å². The van der Waals surface area contributed by atoms with Crippen LogP contribution >= 0.6 is 23.2 Å². The Kier molecular flexibility index (Phi) is 5.27. The topological polar surface area (TPSA) is 23.6 Å². The Morgan fingerprint density at radius 3 is 2.21 bits per heavy atom. The summed E-state index contributed by atoms with van der Waals surface area (Å²) in [5.74, 6) is -0.405. The molecule has 3 rings (SSSR count). The van der Waals surface area contributed by atoms with Crippen LogP contribution in [0.1, 0.15) is 5.56 Å². The van der Waals surface area contributed by atoms with E-state index in [1.54, 1.807) is 35.2 Å². The zero-order valence-electron chi connectivity index (χ0n) is 13.0. The molecule has 1 heterocycles. The van der Waals surface area contributed by atoms with Crippen molar-refractivity contribution in [2.45, 2.75) is 6.42 Å². The van der Waals surface area contributed by atoms with Gasteiger partial charge in [0.05, 0.1) is 22.2 Å². The Bertz CT molecular complexity index is 725. The number of halogens is 3. The van der Waals surface area contributed by atoms with E-state index in [2.05, 4.69) is 4.90 Å². The third-order valence-corrected chi connectivity index (χ3v) is 4.80. The summed E-state index contributed by atoms with van der Waals surface area (Å²) in [6.45, 7) is 2.42. The normalized spacial score (nSPS) is 14.8. The van der Waals surface area contributed by atoms with Crippen molar-refractivity contribution >= 4 is 34.8 Å². The molecule has 0 aliphatic carbocycles. The second kappa shape index (κ2) is 7.41. The number of hydrogen-bond donors (Lipinski definition) is 0. The van der Waals surface area contributed by atoms with Crippen LogP contribution in [-0.4, -0.2) is 37.0 Å². The molecule has 126 valence electrons. The maximum atomic E-state index is 13.7. The first kappa shape index (κ1) is 17.1. The van der Waals surface area contributed by atoms with Crippen molar-refractivity contribution in [1.82, 2.24) is 4.90 Å². The van der Waals surface area contributed by atoms with Crippen LogP contribution in [0, 0.1) is 5.82 Å². The van der Waals surface area contributed by atoms with E-state index >= 15 is 0 Å². The fourth-order valence-corrected chi connectivity index (χ4v) is 3.52. The molecule has 24 heavy (non-hydrogen) atoms. The summed E-state index contributed by atoms with van der Waals surface area (Å²) in [4.78, 5) is 16.2. The monoisotopic (exact) mass is 366 g/mol. The van der Waals surface area contributed by atoms with E-state index in [-0.39, 0.29) is 18.1 Å². The predicted molar refractivity (Wildman–Crippen MR) is 95.4 cm³/mol. The third kappa shape index (κ3) is 3.65. The molecule has 0 radical (unpaired) electrons. The highest BCUT2D eigenvalue weighted by atomic mass is 35.5. The zero-order valence-corrected chi connectivity index (χ0v) is 14.5. The van der Waals surface area contributed by atoms with Crippen molar-refractivity contribution in [3.63, 3.8) is 0 Å². The van der Waals surface area contributed by atoms with Gasteiger partial charge in [0, 0.05) is 26.2 Å². The number of benzene rings is 2. The lowest BCUT2D eigenvalue weighted by atomic mass is 10.1. The van der Waals surface area contributed by atoms with E-state index in [9.17, 15) is 9.18 Å². The molecule has 6 heteroatoms. The smallest absolute Gasteiger partial charge is 0.227 e. The van der Waals surface area contributed by atoms with Gasteiger partial charge in [0.2, 0.25) is 5.91 Å². The van der Waals surface area contributed by atoms with E-state index < -0.39 is 0 Å². The molecule has 0 N–H and O–H groups in total. The molecule has 1 aliphatic heterocycles. The van der Waals surface area contributed by atoms with Gasteiger partial charge in [0.25, 0.3) is 0 Å². The molecule has 1 saturated heterocycles. The fourth-order valence-electron chi connectivity index (χ4n) is 2.89. The molecule has 1 fully saturated rings. The molecule has 0 unspecified atom stereocenters. The molecule has 0 aromatic heterocycles. The Hall–Kier alpha value is -1.78. The number of piperazine rings is 1. The molecule has 2 aromatic carbocycles. The number of nitrogens with zero attached hydrogens (tertiary/aromatic N) is 2. The van der Waals surface area contributed by atoms with Crippen LogP contribution in [0.2, 0.25) is 10.0 Å². The second-order valence-corrected chi connectivity index (χ2v) is 6.52. The third-order valence-electron chi connectivity index (χ3n) is 4.19. The molecule has 2 aromatic rings. The summed E-state index contributed by atoms with van der Waals surface area (Å²) in [7, 11) is 0. The summed E-state index contributed by atoms with van der Waals surface area (Å²) in [6, 6.07) is 11.8. The van der Waals surface area contributed by atoms with Crippen molar-refractivity contribution in [3.8, 4) is 0 Å². The van der Waals surface area contributed by atoms with Gasteiger partial charge in [-0.2, -0.15) is 0 Å². The van der Waals surface area contributed by atoms with Gasteiger partial charge >= 0.3 is 0 Å². The minimum atomic E-state index is -0.340. The highest BCUT2D eigenvalue weighted by molar-refractivity contribution is 6.39. The van der Waals surface area contributed by atoms with Gasteiger partial charge < -0.3 is 9.80 Å². The Labute approximate surface area is 150 Å². The van der Waals surface area contributed by atoms with Crippen LogP contribution in [0.4, 0.5) is 10.1 Å². The molecule has 0 saturated carbocycles. The molecular weight excluding hydrogens is 350 g/mol. The molecule has 3 nitrogen and oxygen atoms in total. The van der Waals surface area contributed by atoms with E-state index in [1.807, 2.05) is 6.07 Å². The van der Waals surface area contributed by atoms with Gasteiger partial charge in [-0.15, -0.1) is 0 Å². The fraction of sp³-hybridized carbons (Fsp3) is 0.278. The lowest BCUT2D eigenvalue weighted by molar-refractivity contribution is -0.130. The first-order chi connectivity index (χ1) is 11.6. The predicted octanol–water partition coefficient (Wildman–Crippen LogP) is 4.02. The average Bonchev–Trinajstić information content (AvgIpc) is 2.57. The summed E-state index contributed by atoms with van der Waals surface area (Å²) >= 11 is 12.5. The van der Waals surface area contributed by atoms with Crippen LogP contribution in [0.15, 0.2) is 42.5 Å². The minimum absolute atomic E-state index is 0.0648. The quantitative estimate of drug-likeness (QED) is 0.818. The molecule has 0 bridgehead atoms. The maximum absolute atomic E-state index is 13.7. The van der Waals surface area contributed by atoms with Crippen LogP contribution in [0.5, 0.6) is 0 Å². The standard InChI is InChI=1S/C18H17Cl2FN2O/c19-14-5-3-6-15(20)18(14)23-10-8-22(9-11-23)17(24)12-13-4-1-2-7-16(13)21/h1-7H,8-12H2. The van der Waals surface area contributed by atoms with Crippen molar-refractivity contribution in [3.05, 3.63) is 63.9 Å². The summed E-state index contributed by atoms with van der Waals surface area (Å²) in [5.41, 5.74) is 1.24. The van der Waals surface area contributed by atoms with Gasteiger partial charge in [-0.25, -0.2) is 4.39 Å². The Morgan fingerprint density at radius 1 is 0.958 bits per heavy atom. The van der Waals surface area contributed by atoms with Crippen LogP contribution in [0.3, 0.4) is 0 Å². The van der Waals surface area contributed by atoms with E-state index in [0.717, 1.165) is 5.69 Å². The lowest BCUT2D eigenvalue weighted by Crippen LogP contribution is -2.49. The number of amides is 1.